The van der Waals surface area contributed by atoms with Crippen LogP contribution in [-0.4, -0.2) is 40.0 Å². The number of nitrogens with one attached hydrogen (secondary N) is 1. The van der Waals surface area contributed by atoms with Crippen LogP contribution in [-0.2, 0) is 22.5 Å². The SMILES string of the molecule is CCCc1c(C(=O)OC)nnn1CCC(=O)NC1CC1. The van der Waals surface area contributed by atoms with Crippen molar-refractivity contribution in [3.8, 4) is 0 Å². The Morgan fingerprint density at radius 3 is 2.80 bits per heavy atom. The third-order valence-corrected chi connectivity index (χ3v) is 3.20. The molecule has 1 aromatic rings. The minimum atomic E-state index is -0.484. The summed E-state index contributed by atoms with van der Waals surface area (Å²) < 4.78 is 6.32. The molecule has 1 aliphatic carbocycles. The number of ether oxygens (including phenoxy) is 1. The van der Waals surface area contributed by atoms with Gasteiger partial charge in [-0.05, 0) is 19.3 Å². The normalized spacial score (nSPS) is 14.1. The van der Waals surface area contributed by atoms with E-state index in [2.05, 4.69) is 20.4 Å². The second-order valence-electron chi connectivity index (χ2n) is 4.94. The summed E-state index contributed by atoms with van der Waals surface area (Å²) in [7, 11) is 1.32. The fourth-order valence-electron chi connectivity index (χ4n) is 1.99. The van der Waals surface area contributed by atoms with E-state index in [9.17, 15) is 9.59 Å². The van der Waals surface area contributed by atoms with E-state index >= 15 is 0 Å². The zero-order valence-corrected chi connectivity index (χ0v) is 11.9. The third-order valence-electron chi connectivity index (χ3n) is 3.20. The number of esters is 1. The molecule has 20 heavy (non-hydrogen) atoms. The predicted octanol–water partition coefficient (Wildman–Crippen LogP) is 0.686. The molecule has 7 nitrogen and oxygen atoms in total. The molecule has 0 spiro atoms. The van der Waals surface area contributed by atoms with E-state index in [0.717, 1.165) is 25.0 Å². The fourth-order valence-corrected chi connectivity index (χ4v) is 1.99. The molecule has 1 saturated carbocycles. The van der Waals surface area contributed by atoms with Crippen molar-refractivity contribution in [2.75, 3.05) is 7.11 Å². The van der Waals surface area contributed by atoms with E-state index in [1.165, 1.54) is 7.11 Å². The van der Waals surface area contributed by atoms with Crippen molar-refractivity contribution in [2.45, 2.75) is 51.6 Å². The van der Waals surface area contributed by atoms with E-state index in [0.29, 0.717) is 25.4 Å². The first-order valence-electron chi connectivity index (χ1n) is 6.95. The number of hydrogen-bond donors (Lipinski definition) is 1. The molecule has 0 bridgehead atoms. The summed E-state index contributed by atoms with van der Waals surface area (Å²) in [4.78, 5) is 23.3. The van der Waals surface area contributed by atoms with Gasteiger partial charge in [0.2, 0.25) is 5.91 Å². The lowest BCUT2D eigenvalue weighted by molar-refractivity contribution is -0.121. The van der Waals surface area contributed by atoms with Crippen molar-refractivity contribution in [2.24, 2.45) is 0 Å². The molecular formula is C13H20N4O3. The number of amides is 1. The summed E-state index contributed by atoms with van der Waals surface area (Å²) in [5.41, 5.74) is 0.982. The van der Waals surface area contributed by atoms with Crippen molar-refractivity contribution in [1.82, 2.24) is 20.3 Å². The van der Waals surface area contributed by atoms with Crippen LogP contribution in [0, 0.1) is 0 Å². The van der Waals surface area contributed by atoms with Gasteiger partial charge in [-0.1, -0.05) is 18.6 Å². The maximum Gasteiger partial charge on any atom is 0.360 e. The predicted molar refractivity (Wildman–Crippen MR) is 71.1 cm³/mol. The van der Waals surface area contributed by atoms with Gasteiger partial charge in [-0.3, -0.25) is 4.79 Å². The second-order valence-corrected chi connectivity index (χ2v) is 4.94. The molecular weight excluding hydrogens is 260 g/mol. The molecule has 1 heterocycles. The Kier molecular flexibility index (Phi) is 4.70. The summed E-state index contributed by atoms with van der Waals surface area (Å²) in [5, 5.41) is 10.7. The molecule has 1 fully saturated rings. The van der Waals surface area contributed by atoms with Gasteiger partial charge in [-0.2, -0.15) is 0 Å². The Bertz CT molecular complexity index is 494. The van der Waals surface area contributed by atoms with E-state index in [4.69, 9.17) is 0 Å². The van der Waals surface area contributed by atoms with Crippen LogP contribution in [0.15, 0.2) is 0 Å². The van der Waals surface area contributed by atoms with Crippen LogP contribution in [0.2, 0.25) is 0 Å². The smallest absolute Gasteiger partial charge is 0.360 e. The highest BCUT2D eigenvalue weighted by Crippen LogP contribution is 2.18. The first-order chi connectivity index (χ1) is 9.65. The summed E-state index contributed by atoms with van der Waals surface area (Å²) in [6.45, 7) is 2.44. The van der Waals surface area contributed by atoms with Gasteiger partial charge in [0, 0.05) is 12.5 Å². The Morgan fingerprint density at radius 2 is 2.20 bits per heavy atom. The standard InChI is InChI=1S/C13H20N4O3/c1-3-4-10-12(13(19)20-2)15-16-17(10)8-7-11(18)14-9-5-6-9/h9H,3-8H2,1-2H3,(H,14,18). The zero-order valence-electron chi connectivity index (χ0n) is 11.9. The van der Waals surface area contributed by atoms with Crippen LogP contribution in [0.3, 0.4) is 0 Å². The molecule has 110 valence electrons. The number of methoxy groups -OCH3 is 1. The molecule has 0 radical (unpaired) electrons. The molecule has 1 N–H and O–H groups in total. The van der Waals surface area contributed by atoms with Gasteiger partial charge in [-0.25, -0.2) is 9.48 Å². The monoisotopic (exact) mass is 280 g/mol. The minimum absolute atomic E-state index is 0.0186. The number of carbonyl (C=O) groups excluding carboxylic acids is 2. The lowest BCUT2D eigenvalue weighted by atomic mass is 10.2. The van der Waals surface area contributed by atoms with Gasteiger partial charge in [0.25, 0.3) is 0 Å². The Morgan fingerprint density at radius 1 is 1.45 bits per heavy atom. The Balaban J connectivity index is 2.00. The Labute approximate surface area is 117 Å². The first kappa shape index (κ1) is 14.5. The average Bonchev–Trinajstić information content (AvgIpc) is 3.16. The van der Waals surface area contributed by atoms with Crippen molar-refractivity contribution in [3.05, 3.63) is 11.4 Å². The van der Waals surface area contributed by atoms with E-state index in [1.807, 2.05) is 6.92 Å². The van der Waals surface area contributed by atoms with E-state index in [-0.39, 0.29) is 11.6 Å². The van der Waals surface area contributed by atoms with Gasteiger partial charge >= 0.3 is 5.97 Å². The number of aromatic nitrogens is 3. The zero-order chi connectivity index (χ0) is 14.5. The summed E-state index contributed by atoms with van der Waals surface area (Å²) in [6, 6.07) is 0.360. The van der Waals surface area contributed by atoms with Crippen molar-refractivity contribution < 1.29 is 14.3 Å². The molecule has 7 heteroatoms. The molecule has 0 atom stereocenters. The van der Waals surface area contributed by atoms with Gasteiger partial charge < -0.3 is 10.1 Å². The Hall–Kier alpha value is -1.92. The number of hydrogen-bond acceptors (Lipinski definition) is 5. The number of aryl methyl sites for hydroxylation is 1. The summed E-state index contributed by atoms with van der Waals surface area (Å²) in [5.74, 6) is -0.466. The molecule has 0 unspecified atom stereocenters. The number of nitrogens with zero attached hydrogens (tertiary/aromatic N) is 3. The average molecular weight is 280 g/mol. The lowest BCUT2D eigenvalue weighted by Gasteiger charge is -2.07. The fraction of sp³-hybridized carbons (Fsp3) is 0.692. The van der Waals surface area contributed by atoms with Crippen LogP contribution in [0.1, 0.15) is 48.8 Å². The highest BCUT2D eigenvalue weighted by molar-refractivity contribution is 5.88. The molecule has 1 aromatic heterocycles. The second kappa shape index (κ2) is 6.49. The molecule has 0 aliphatic heterocycles. The third kappa shape index (κ3) is 3.55. The van der Waals surface area contributed by atoms with Crippen LogP contribution in [0.4, 0.5) is 0 Å². The van der Waals surface area contributed by atoms with Crippen LogP contribution >= 0.6 is 0 Å². The van der Waals surface area contributed by atoms with Gasteiger partial charge in [0.15, 0.2) is 5.69 Å². The van der Waals surface area contributed by atoms with Crippen LogP contribution < -0.4 is 5.32 Å². The van der Waals surface area contributed by atoms with Crippen molar-refractivity contribution in [1.29, 1.82) is 0 Å². The molecule has 0 aromatic carbocycles. The lowest BCUT2D eigenvalue weighted by Crippen LogP contribution is -2.26. The highest BCUT2D eigenvalue weighted by atomic mass is 16.5. The van der Waals surface area contributed by atoms with Crippen molar-refractivity contribution in [3.63, 3.8) is 0 Å². The number of rotatable bonds is 7. The number of carbonyl (C=O) groups is 2. The first-order valence-corrected chi connectivity index (χ1v) is 6.95. The van der Waals surface area contributed by atoms with Crippen molar-refractivity contribution >= 4 is 11.9 Å². The highest BCUT2D eigenvalue weighted by Gasteiger charge is 2.24. The molecule has 2 rings (SSSR count). The molecule has 0 saturated heterocycles. The summed E-state index contributed by atoms with van der Waals surface area (Å²) in [6.07, 6.45) is 4.04. The largest absolute Gasteiger partial charge is 0.464 e. The maximum absolute atomic E-state index is 11.7. The van der Waals surface area contributed by atoms with Gasteiger partial charge in [0.05, 0.1) is 19.3 Å². The van der Waals surface area contributed by atoms with Crippen LogP contribution in [0.5, 0.6) is 0 Å². The van der Waals surface area contributed by atoms with Crippen LogP contribution in [0.25, 0.3) is 0 Å². The molecule has 1 amide bonds. The molecule has 1 aliphatic rings. The van der Waals surface area contributed by atoms with E-state index in [1.54, 1.807) is 4.68 Å². The van der Waals surface area contributed by atoms with Gasteiger partial charge in [-0.15, -0.1) is 5.10 Å². The summed E-state index contributed by atoms with van der Waals surface area (Å²) >= 11 is 0. The minimum Gasteiger partial charge on any atom is -0.464 e. The van der Waals surface area contributed by atoms with Gasteiger partial charge in [0.1, 0.15) is 0 Å². The maximum atomic E-state index is 11.7. The van der Waals surface area contributed by atoms with E-state index < -0.39 is 5.97 Å². The topological polar surface area (TPSA) is 86.1 Å². The quantitative estimate of drug-likeness (QED) is 0.742.